The van der Waals surface area contributed by atoms with Gasteiger partial charge in [0.2, 0.25) is 5.91 Å². The Labute approximate surface area is 104 Å². The van der Waals surface area contributed by atoms with Crippen LogP contribution in [-0.4, -0.2) is 32.5 Å². The minimum Gasteiger partial charge on any atom is -0.354 e. The Morgan fingerprint density at radius 2 is 1.71 bits per heavy atom. The fraction of sp³-hybridized carbons (Fsp3) is 0.923. The first-order chi connectivity index (χ1) is 8.08. The predicted molar refractivity (Wildman–Crippen MR) is 66.5 cm³/mol. The first-order valence-corrected chi connectivity index (χ1v) is 6.44. The molecule has 0 heterocycles. The SMILES string of the molecule is COC(OC)C(C)NC(=O)C1CCC(C)CC1. The molecule has 1 aliphatic rings. The summed E-state index contributed by atoms with van der Waals surface area (Å²) in [6.45, 7) is 4.16. The number of carbonyl (C=O) groups excluding carboxylic acids is 1. The average molecular weight is 243 g/mol. The molecule has 1 saturated carbocycles. The molecule has 0 radical (unpaired) electrons. The highest BCUT2D eigenvalue weighted by molar-refractivity contribution is 5.79. The van der Waals surface area contributed by atoms with Crippen LogP contribution in [0.25, 0.3) is 0 Å². The lowest BCUT2D eigenvalue weighted by Crippen LogP contribution is -2.45. The normalized spacial score (nSPS) is 26.9. The molecule has 1 amide bonds. The molecule has 0 aromatic heterocycles. The Hall–Kier alpha value is -0.610. The van der Waals surface area contributed by atoms with Crippen LogP contribution in [0.15, 0.2) is 0 Å². The molecular formula is C13H25NO3. The second-order valence-corrected chi connectivity index (χ2v) is 5.09. The van der Waals surface area contributed by atoms with Crippen LogP contribution in [0, 0.1) is 11.8 Å². The van der Waals surface area contributed by atoms with Gasteiger partial charge in [0, 0.05) is 20.1 Å². The molecule has 1 aliphatic carbocycles. The van der Waals surface area contributed by atoms with Gasteiger partial charge in [-0.05, 0) is 38.5 Å². The van der Waals surface area contributed by atoms with Gasteiger partial charge in [-0.2, -0.15) is 0 Å². The standard InChI is InChI=1S/C13H25NO3/c1-9-5-7-11(8-6-9)12(15)14-10(2)13(16-3)17-4/h9-11,13H,5-8H2,1-4H3,(H,14,15). The molecule has 0 spiro atoms. The summed E-state index contributed by atoms with van der Waals surface area (Å²) in [7, 11) is 3.16. The lowest BCUT2D eigenvalue weighted by molar-refractivity contribution is -0.139. The van der Waals surface area contributed by atoms with Crippen molar-refractivity contribution < 1.29 is 14.3 Å². The van der Waals surface area contributed by atoms with Crippen LogP contribution in [0.2, 0.25) is 0 Å². The minimum absolute atomic E-state index is 0.114. The van der Waals surface area contributed by atoms with Gasteiger partial charge in [0.1, 0.15) is 0 Å². The van der Waals surface area contributed by atoms with Crippen molar-refractivity contribution in [3.8, 4) is 0 Å². The summed E-state index contributed by atoms with van der Waals surface area (Å²) in [6, 6.07) is -0.114. The summed E-state index contributed by atoms with van der Waals surface area (Å²) >= 11 is 0. The van der Waals surface area contributed by atoms with Gasteiger partial charge in [-0.3, -0.25) is 4.79 Å². The van der Waals surface area contributed by atoms with Crippen molar-refractivity contribution in [3.63, 3.8) is 0 Å². The quantitative estimate of drug-likeness (QED) is 0.751. The molecule has 0 saturated heterocycles. The third-order valence-electron chi connectivity index (χ3n) is 3.63. The van der Waals surface area contributed by atoms with Crippen LogP contribution in [-0.2, 0) is 14.3 Å². The average Bonchev–Trinajstić information content (AvgIpc) is 2.31. The molecule has 100 valence electrons. The van der Waals surface area contributed by atoms with Crippen LogP contribution in [0.1, 0.15) is 39.5 Å². The molecule has 1 unspecified atom stereocenters. The van der Waals surface area contributed by atoms with E-state index < -0.39 is 0 Å². The maximum atomic E-state index is 12.0. The number of ether oxygens (including phenoxy) is 2. The molecule has 1 fully saturated rings. The maximum absolute atomic E-state index is 12.0. The fourth-order valence-electron chi connectivity index (χ4n) is 2.44. The summed E-state index contributed by atoms with van der Waals surface area (Å²) in [5.74, 6) is 1.08. The zero-order valence-electron chi connectivity index (χ0n) is 11.4. The van der Waals surface area contributed by atoms with Crippen molar-refractivity contribution in [1.29, 1.82) is 0 Å². The van der Waals surface area contributed by atoms with Crippen LogP contribution >= 0.6 is 0 Å². The second-order valence-electron chi connectivity index (χ2n) is 5.09. The molecule has 1 atom stereocenters. The van der Waals surface area contributed by atoms with E-state index in [4.69, 9.17) is 9.47 Å². The van der Waals surface area contributed by atoms with Gasteiger partial charge < -0.3 is 14.8 Å². The lowest BCUT2D eigenvalue weighted by atomic mass is 9.82. The summed E-state index contributed by atoms with van der Waals surface area (Å²) < 4.78 is 10.3. The smallest absolute Gasteiger partial charge is 0.223 e. The van der Waals surface area contributed by atoms with E-state index in [2.05, 4.69) is 12.2 Å². The van der Waals surface area contributed by atoms with Gasteiger partial charge in [-0.1, -0.05) is 6.92 Å². The minimum atomic E-state index is -0.374. The van der Waals surface area contributed by atoms with E-state index in [0.717, 1.165) is 31.6 Å². The largest absolute Gasteiger partial charge is 0.354 e. The van der Waals surface area contributed by atoms with E-state index in [0.29, 0.717) is 0 Å². The van der Waals surface area contributed by atoms with Crippen molar-refractivity contribution in [2.45, 2.75) is 51.9 Å². The van der Waals surface area contributed by atoms with Crippen molar-refractivity contribution in [2.24, 2.45) is 11.8 Å². The van der Waals surface area contributed by atoms with Crippen LogP contribution in [0.4, 0.5) is 0 Å². The number of nitrogens with one attached hydrogen (secondary N) is 1. The molecule has 1 N–H and O–H groups in total. The van der Waals surface area contributed by atoms with Crippen LogP contribution < -0.4 is 5.32 Å². The molecule has 17 heavy (non-hydrogen) atoms. The molecule has 1 rings (SSSR count). The van der Waals surface area contributed by atoms with Crippen molar-refractivity contribution in [3.05, 3.63) is 0 Å². The number of hydrogen-bond acceptors (Lipinski definition) is 3. The number of rotatable bonds is 5. The number of methoxy groups -OCH3 is 2. The van der Waals surface area contributed by atoms with E-state index >= 15 is 0 Å². The first-order valence-electron chi connectivity index (χ1n) is 6.44. The Balaban J connectivity index is 2.38. The topological polar surface area (TPSA) is 47.6 Å². The number of carbonyl (C=O) groups is 1. The Morgan fingerprint density at radius 3 is 2.18 bits per heavy atom. The van der Waals surface area contributed by atoms with Gasteiger partial charge in [0.15, 0.2) is 6.29 Å². The summed E-state index contributed by atoms with van der Waals surface area (Å²) in [4.78, 5) is 12.0. The second kappa shape index (κ2) is 6.97. The zero-order valence-corrected chi connectivity index (χ0v) is 11.4. The first kappa shape index (κ1) is 14.5. The van der Waals surface area contributed by atoms with Crippen LogP contribution in [0.3, 0.4) is 0 Å². The van der Waals surface area contributed by atoms with E-state index in [1.165, 1.54) is 0 Å². The molecule has 4 nitrogen and oxygen atoms in total. The van der Waals surface area contributed by atoms with E-state index in [1.54, 1.807) is 14.2 Å². The highest BCUT2D eigenvalue weighted by Gasteiger charge is 2.27. The maximum Gasteiger partial charge on any atom is 0.223 e. The predicted octanol–water partition coefficient (Wildman–Crippen LogP) is 1.94. The number of hydrogen-bond donors (Lipinski definition) is 1. The van der Waals surface area contributed by atoms with Crippen molar-refractivity contribution in [1.82, 2.24) is 5.32 Å². The van der Waals surface area contributed by atoms with Crippen molar-refractivity contribution in [2.75, 3.05) is 14.2 Å². The van der Waals surface area contributed by atoms with E-state index in [-0.39, 0.29) is 24.2 Å². The highest BCUT2D eigenvalue weighted by atomic mass is 16.7. The van der Waals surface area contributed by atoms with Crippen LogP contribution in [0.5, 0.6) is 0 Å². The Kier molecular flexibility index (Phi) is 5.92. The van der Waals surface area contributed by atoms with E-state index in [1.807, 2.05) is 6.92 Å². The van der Waals surface area contributed by atoms with Gasteiger partial charge in [0.05, 0.1) is 6.04 Å². The van der Waals surface area contributed by atoms with Gasteiger partial charge in [-0.25, -0.2) is 0 Å². The zero-order chi connectivity index (χ0) is 12.8. The van der Waals surface area contributed by atoms with Gasteiger partial charge in [-0.15, -0.1) is 0 Å². The Morgan fingerprint density at radius 1 is 1.18 bits per heavy atom. The summed E-state index contributed by atoms with van der Waals surface area (Å²) in [5.41, 5.74) is 0. The summed E-state index contributed by atoms with van der Waals surface area (Å²) in [6.07, 6.45) is 3.95. The summed E-state index contributed by atoms with van der Waals surface area (Å²) in [5, 5.41) is 2.98. The molecule has 0 aromatic rings. The monoisotopic (exact) mass is 243 g/mol. The van der Waals surface area contributed by atoms with E-state index in [9.17, 15) is 4.79 Å². The van der Waals surface area contributed by atoms with Gasteiger partial charge >= 0.3 is 0 Å². The molecule has 0 aliphatic heterocycles. The lowest BCUT2D eigenvalue weighted by Gasteiger charge is -2.28. The molecule has 0 aromatic carbocycles. The molecule has 4 heteroatoms. The third-order valence-corrected chi connectivity index (χ3v) is 3.63. The van der Waals surface area contributed by atoms with Gasteiger partial charge in [0.25, 0.3) is 0 Å². The number of amides is 1. The highest BCUT2D eigenvalue weighted by Crippen LogP contribution is 2.28. The van der Waals surface area contributed by atoms with Crippen molar-refractivity contribution >= 4 is 5.91 Å². The Bertz CT molecular complexity index is 233. The molecule has 0 bridgehead atoms. The third kappa shape index (κ3) is 4.28. The fourth-order valence-corrected chi connectivity index (χ4v) is 2.44. The molecular weight excluding hydrogens is 218 g/mol.